The number of aromatic nitrogens is 1. The third-order valence-corrected chi connectivity index (χ3v) is 9.98. The lowest BCUT2D eigenvalue weighted by Gasteiger charge is -2.27. The summed E-state index contributed by atoms with van der Waals surface area (Å²) in [4.78, 5) is 2.36. The molecule has 0 spiro atoms. The normalized spacial score (nSPS) is 11.5. The predicted molar refractivity (Wildman–Crippen MR) is 214 cm³/mol. The summed E-state index contributed by atoms with van der Waals surface area (Å²) < 4.78 is 8.74. The zero-order valence-electron chi connectivity index (χ0n) is 27.8. The Hall–Kier alpha value is -6.84. The first-order valence-corrected chi connectivity index (χ1v) is 17.4. The van der Waals surface area contributed by atoms with Crippen molar-refractivity contribution < 1.29 is 4.42 Å². The van der Waals surface area contributed by atoms with Gasteiger partial charge in [-0.05, 0) is 89.0 Å². The van der Waals surface area contributed by atoms with Crippen LogP contribution < -0.4 is 4.90 Å². The van der Waals surface area contributed by atoms with E-state index in [1.165, 1.54) is 32.9 Å². The first kappa shape index (κ1) is 29.1. The minimum Gasteiger partial charge on any atom is -0.456 e. The first-order chi connectivity index (χ1) is 25.3. The second-order valence-corrected chi connectivity index (χ2v) is 13.0. The lowest BCUT2D eigenvalue weighted by Crippen LogP contribution is -2.10. The Morgan fingerprint density at radius 1 is 0.373 bits per heavy atom. The van der Waals surface area contributed by atoms with Crippen molar-refractivity contribution in [1.82, 2.24) is 4.57 Å². The number of anilines is 3. The molecule has 0 aliphatic rings. The van der Waals surface area contributed by atoms with Crippen molar-refractivity contribution in [1.29, 1.82) is 0 Å². The highest BCUT2D eigenvalue weighted by Crippen LogP contribution is 2.44. The molecule has 0 amide bonds. The third kappa shape index (κ3) is 4.90. The fourth-order valence-corrected chi connectivity index (χ4v) is 7.65. The molecular formula is C48H32N2O. The third-order valence-electron chi connectivity index (χ3n) is 9.98. The summed E-state index contributed by atoms with van der Waals surface area (Å²) >= 11 is 0. The largest absolute Gasteiger partial charge is 0.456 e. The molecule has 240 valence electrons. The number of fused-ring (bicyclic) bond motifs is 6. The van der Waals surface area contributed by atoms with Crippen LogP contribution in [0.2, 0.25) is 0 Å². The molecule has 0 N–H and O–H groups in total. The molecule has 3 heteroatoms. The van der Waals surface area contributed by atoms with E-state index in [1.54, 1.807) is 0 Å². The van der Waals surface area contributed by atoms with Gasteiger partial charge in [-0.25, -0.2) is 0 Å². The number of hydrogen-bond donors (Lipinski definition) is 0. The van der Waals surface area contributed by atoms with Gasteiger partial charge in [0, 0.05) is 33.2 Å². The molecule has 0 radical (unpaired) electrons. The maximum absolute atomic E-state index is 6.37. The van der Waals surface area contributed by atoms with Crippen molar-refractivity contribution in [3.8, 4) is 27.9 Å². The second-order valence-electron chi connectivity index (χ2n) is 13.0. The van der Waals surface area contributed by atoms with Crippen LogP contribution in [-0.2, 0) is 0 Å². The Balaban J connectivity index is 1.14. The van der Waals surface area contributed by atoms with Crippen LogP contribution >= 0.6 is 0 Å². The van der Waals surface area contributed by atoms with Crippen molar-refractivity contribution in [2.45, 2.75) is 0 Å². The van der Waals surface area contributed by atoms with Crippen LogP contribution in [0.1, 0.15) is 0 Å². The van der Waals surface area contributed by atoms with E-state index in [9.17, 15) is 0 Å². The maximum Gasteiger partial charge on any atom is 0.137 e. The van der Waals surface area contributed by atoms with Gasteiger partial charge in [-0.3, -0.25) is 0 Å². The number of nitrogens with zero attached hydrogens (tertiary/aromatic N) is 2. The van der Waals surface area contributed by atoms with Gasteiger partial charge < -0.3 is 13.9 Å². The van der Waals surface area contributed by atoms with Crippen LogP contribution in [0.25, 0.3) is 71.7 Å². The fraction of sp³-hybridized carbons (Fsp3) is 0. The Morgan fingerprint density at radius 2 is 0.941 bits per heavy atom. The van der Waals surface area contributed by atoms with Crippen molar-refractivity contribution in [2.75, 3.05) is 4.90 Å². The number of rotatable bonds is 6. The van der Waals surface area contributed by atoms with Crippen molar-refractivity contribution in [2.24, 2.45) is 0 Å². The summed E-state index contributed by atoms with van der Waals surface area (Å²) in [6.45, 7) is 0. The molecule has 0 atom stereocenters. The summed E-state index contributed by atoms with van der Waals surface area (Å²) in [6.07, 6.45) is 0. The first-order valence-electron chi connectivity index (χ1n) is 17.4. The average molecular weight is 653 g/mol. The van der Waals surface area contributed by atoms with Crippen molar-refractivity contribution in [3.63, 3.8) is 0 Å². The summed E-state index contributed by atoms with van der Waals surface area (Å²) in [5.41, 5.74) is 13.2. The van der Waals surface area contributed by atoms with Gasteiger partial charge >= 0.3 is 0 Å². The smallest absolute Gasteiger partial charge is 0.137 e. The molecule has 10 aromatic rings. The van der Waals surface area contributed by atoms with E-state index in [0.29, 0.717) is 0 Å². The second kappa shape index (κ2) is 11.9. The Kier molecular flexibility index (Phi) is 6.81. The van der Waals surface area contributed by atoms with E-state index < -0.39 is 0 Å². The van der Waals surface area contributed by atoms with Gasteiger partial charge in [-0.2, -0.15) is 0 Å². The van der Waals surface area contributed by atoms with Crippen molar-refractivity contribution >= 4 is 60.8 Å². The minimum absolute atomic E-state index is 0.870. The summed E-state index contributed by atoms with van der Waals surface area (Å²) in [5.74, 6) is 0. The van der Waals surface area contributed by atoms with Gasteiger partial charge in [0.1, 0.15) is 11.2 Å². The van der Waals surface area contributed by atoms with Gasteiger partial charge in [-0.1, -0.05) is 127 Å². The molecule has 10 rings (SSSR count). The highest BCUT2D eigenvalue weighted by molar-refractivity contribution is 6.13. The Bertz CT molecular complexity index is 2810. The number of benzene rings is 8. The quantitative estimate of drug-likeness (QED) is 0.178. The van der Waals surface area contributed by atoms with E-state index >= 15 is 0 Å². The van der Waals surface area contributed by atoms with E-state index in [-0.39, 0.29) is 0 Å². The predicted octanol–water partition coefficient (Wildman–Crippen LogP) is 13.5. The topological polar surface area (TPSA) is 21.3 Å². The summed E-state index contributed by atoms with van der Waals surface area (Å²) in [7, 11) is 0. The van der Waals surface area contributed by atoms with Crippen LogP contribution in [0.4, 0.5) is 17.1 Å². The molecule has 2 aromatic heterocycles. The SMILES string of the molecule is c1ccc(-c2ccc(N(c3cccc(-c4cccc(-n5c6ccccc6c6ccccc65)c4)c3)c3cccc4oc5ccccc5c34)cc2)cc1. The van der Waals surface area contributed by atoms with E-state index in [1.807, 2.05) is 12.1 Å². The van der Waals surface area contributed by atoms with Crippen molar-refractivity contribution in [3.05, 3.63) is 194 Å². The van der Waals surface area contributed by atoms with E-state index in [0.717, 1.165) is 55.8 Å². The molecule has 2 heterocycles. The van der Waals surface area contributed by atoms with Gasteiger partial charge in [0.2, 0.25) is 0 Å². The molecule has 0 unspecified atom stereocenters. The number of furan rings is 1. The lowest BCUT2D eigenvalue weighted by atomic mass is 10.0. The monoisotopic (exact) mass is 652 g/mol. The summed E-state index contributed by atoms with van der Waals surface area (Å²) in [5, 5.41) is 4.72. The van der Waals surface area contributed by atoms with Crippen LogP contribution in [0.3, 0.4) is 0 Å². The molecule has 0 saturated heterocycles. The lowest BCUT2D eigenvalue weighted by molar-refractivity contribution is 0.669. The maximum atomic E-state index is 6.37. The molecule has 0 aliphatic heterocycles. The van der Waals surface area contributed by atoms with E-state index in [2.05, 4.69) is 191 Å². The molecule has 0 bridgehead atoms. The Labute approximate surface area is 295 Å². The van der Waals surface area contributed by atoms with Crippen LogP contribution in [0, 0.1) is 0 Å². The van der Waals surface area contributed by atoms with E-state index in [4.69, 9.17) is 4.42 Å². The zero-order chi connectivity index (χ0) is 33.7. The van der Waals surface area contributed by atoms with Gasteiger partial charge in [0.25, 0.3) is 0 Å². The molecule has 8 aromatic carbocycles. The molecule has 0 aliphatic carbocycles. The van der Waals surface area contributed by atoms with Gasteiger partial charge in [-0.15, -0.1) is 0 Å². The minimum atomic E-state index is 0.870. The molecule has 0 saturated carbocycles. The Morgan fingerprint density at radius 3 is 1.71 bits per heavy atom. The fourth-order valence-electron chi connectivity index (χ4n) is 7.65. The van der Waals surface area contributed by atoms with Crippen LogP contribution in [-0.4, -0.2) is 4.57 Å². The molecular weight excluding hydrogens is 621 g/mol. The molecule has 3 nitrogen and oxygen atoms in total. The van der Waals surface area contributed by atoms with Gasteiger partial charge in [0.15, 0.2) is 0 Å². The number of hydrogen-bond acceptors (Lipinski definition) is 2. The van der Waals surface area contributed by atoms with Crippen LogP contribution in [0.5, 0.6) is 0 Å². The summed E-state index contributed by atoms with van der Waals surface area (Å²) in [6, 6.07) is 69.2. The highest BCUT2D eigenvalue weighted by Gasteiger charge is 2.20. The molecule has 0 fully saturated rings. The highest BCUT2D eigenvalue weighted by atomic mass is 16.3. The van der Waals surface area contributed by atoms with Crippen LogP contribution in [0.15, 0.2) is 199 Å². The number of para-hydroxylation sites is 3. The standard InChI is InChI=1S/C48H32N2O/c1-2-13-33(14-3-1)34-27-29-37(30-28-34)49(45-24-12-26-47-48(45)42-21-6-9-25-46(42)51-47)38-17-10-15-35(31-38)36-16-11-18-39(32-36)50-43-22-7-4-19-40(43)41-20-5-8-23-44(41)50/h1-32H. The van der Waals surface area contributed by atoms with Gasteiger partial charge in [0.05, 0.1) is 22.1 Å². The average Bonchev–Trinajstić information content (AvgIpc) is 3.75. The molecule has 51 heavy (non-hydrogen) atoms. The zero-order valence-corrected chi connectivity index (χ0v) is 27.8.